The molecule has 0 bridgehead atoms. The average Bonchev–Trinajstić information content (AvgIpc) is 2.24. The lowest BCUT2D eigenvalue weighted by molar-refractivity contribution is 0.170. The lowest BCUT2D eigenvalue weighted by Gasteiger charge is -2.32. The maximum atomic E-state index is 6.01. The molecule has 0 aliphatic carbocycles. The number of nitrogens with two attached hydrogens (primary N) is 1. The molecule has 1 aromatic rings. The summed E-state index contributed by atoms with van der Waals surface area (Å²) in [6.45, 7) is 8.17. The number of benzene rings is 1. The Bertz CT molecular complexity index is 325. The molecule has 0 radical (unpaired) electrons. The van der Waals surface area contributed by atoms with Gasteiger partial charge >= 0.3 is 0 Å². The quantitative estimate of drug-likeness (QED) is 0.857. The van der Waals surface area contributed by atoms with Crippen molar-refractivity contribution in [3.05, 3.63) is 34.9 Å². The summed E-state index contributed by atoms with van der Waals surface area (Å²) in [5, 5.41) is 0.792. The minimum Gasteiger partial charge on any atom is -0.329 e. The molecule has 0 saturated carbocycles. The number of hydrogen-bond acceptors (Lipinski definition) is 2. The Hall–Kier alpha value is -0.570. The van der Waals surface area contributed by atoms with E-state index in [2.05, 4.69) is 31.7 Å². The fraction of sp³-hybridized carbons (Fsp3) is 0.538. The van der Waals surface area contributed by atoms with Gasteiger partial charge in [0.05, 0.1) is 0 Å². The zero-order valence-electron chi connectivity index (χ0n) is 10.3. The Morgan fingerprint density at radius 2 is 2.00 bits per heavy atom. The SMILES string of the molecule is CC(C)N(CCN)[C@H](C)c1cccc(Cl)c1. The molecule has 0 amide bonds. The molecule has 0 aliphatic heterocycles. The van der Waals surface area contributed by atoms with Gasteiger partial charge in [-0.3, -0.25) is 4.90 Å². The molecule has 0 aliphatic rings. The maximum Gasteiger partial charge on any atom is 0.0409 e. The van der Waals surface area contributed by atoms with E-state index in [1.165, 1.54) is 5.56 Å². The van der Waals surface area contributed by atoms with Crippen molar-refractivity contribution in [2.45, 2.75) is 32.9 Å². The van der Waals surface area contributed by atoms with Gasteiger partial charge in [0, 0.05) is 30.2 Å². The van der Waals surface area contributed by atoms with Gasteiger partial charge in [-0.1, -0.05) is 23.7 Å². The molecule has 1 atom stereocenters. The van der Waals surface area contributed by atoms with Crippen LogP contribution in [0.15, 0.2) is 24.3 Å². The fourth-order valence-corrected chi connectivity index (χ4v) is 2.20. The highest BCUT2D eigenvalue weighted by atomic mass is 35.5. The summed E-state index contributed by atoms with van der Waals surface area (Å²) in [5.74, 6) is 0. The molecule has 0 aromatic heterocycles. The second-order valence-electron chi connectivity index (χ2n) is 4.35. The van der Waals surface area contributed by atoms with Crippen molar-refractivity contribution >= 4 is 11.6 Å². The molecule has 0 heterocycles. The molecule has 3 heteroatoms. The van der Waals surface area contributed by atoms with Gasteiger partial charge in [-0.2, -0.15) is 0 Å². The molecule has 0 unspecified atom stereocenters. The first-order chi connectivity index (χ1) is 7.56. The highest BCUT2D eigenvalue weighted by Crippen LogP contribution is 2.24. The highest BCUT2D eigenvalue weighted by molar-refractivity contribution is 6.30. The summed E-state index contributed by atoms with van der Waals surface area (Å²) in [4.78, 5) is 2.38. The summed E-state index contributed by atoms with van der Waals surface area (Å²) in [6, 6.07) is 8.87. The van der Waals surface area contributed by atoms with Gasteiger partial charge in [-0.15, -0.1) is 0 Å². The first kappa shape index (κ1) is 13.5. The van der Waals surface area contributed by atoms with Crippen LogP contribution in [0.2, 0.25) is 5.02 Å². The summed E-state index contributed by atoms with van der Waals surface area (Å²) >= 11 is 6.01. The van der Waals surface area contributed by atoms with Crippen molar-refractivity contribution in [1.29, 1.82) is 0 Å². The van der Waals surface area contributed by atoms with Crippen LogP contribution in [-0.2, 0) is 0 Å². The van der Waals surface area contributed by atoms with Gasteiger partial charge in [0.2, 0.25) is 0 Å². The lowest BCUT2D eigenvalue weighted by Crippen LogP contribution is -2.37. The van der Waals surface area contributed by atoms with Gasteiger partial charge in [0.15, 0.2) is 0 Å². The van der Waals surface area contributed by atoms with E-state index < -0.39 is 0 Å². The molecule has 16 heavy (non-hydrogen) atoms. The lowest BCUT2D eigenvalue weighted by atomic mass is 10.1. The monoisotopic (exact) mass is 240 g/mol. The summed E-state index contributed by atoms with van der Waals surface area (Å²) < 4.78 is 0. The van der Waals surface area contributed by atoms with Crippen LogP contribution in [0.1, 0.15) is 32.4 Å². The van der Waals surface area contributed by atoms with E-state index in [0.29, 0.717) is 18.6 Å². The minimum atomic E-state index is 0.349. The van der Waals surface area contributed by atoms with Crippen molar-refractivity contribution < 1.29 is 0 Å². The smallest absolute Gasteiger partial charge is 0.0409 e. The normalized spacial score (nSPS) is 13.4. The first-order valence-electron chi connectivity index (χ1n) is 5.77. The van der Waals surface area contributed by atoms with Crippen LogP contribution >= 0.6 is 11.6 Å². The molecular formula is C13H21ClN2. The number of hydrogen-bond donors (Lipinski definition) is 1. The minimum absolute atomic E-state index is 0.349. The van der Waals surface area contributed by atoms with Crippen LogP contribution in [-0.4, -0.2) is 24.0 Å². The number of halogens is 1. The van der Waals surface area contributed by atoms with Crippen molar-refractivity contribution in [2.24, 2.45) is 5.73 Å². The highest BCUT2D eigenvalue weighted by Gasteiger charge is 2.17. The molecule has 1 rings (SSSR count). The van der Waals surface area contributed by atoms with Gasteiger partial charge in [0.1, 0.15) is 0 Å². The van der Waals surface area contributed by atoms with Crippen LogP contribution in [0, 0.1) is 0 Å². The van der Waals surface area contributed by atoms with E-state index >= 15 is 0 Å². The Kier molecular flexibility index (Phi) is 5.26. The zero-order valence-corrected chi connectivity index (χ0v) is 11.0. The Balaban J connectivity index is 2.85. The van der Waals surface area contributed by atoms with Gasteiger partial charge in [-0.25, -0.2) is 0 Å². The van der Waals surface area contributed by atoms with Crippen LogP contribution < -0.4 is 5.73 Å². The molecule has 0 fully saturated rings. The van der Waals surface area contributed by atoms with Crippen molar-refractivity contribution in [1.82, 2.24) is 4.90 Å². The Morgan fingerprint density at radius 3 is 2.50 bits per heavy atom. The summed E-state index contributed by atoms with van der Waals surface area (Å²) in [5.41, 5.74) is 6.89. The van der Waals surface area contributed by atoms with E-state index in [1.54, 1.807) is 0 Å². The van der Waals surface area contributed by atoms with Gasteiger partial charge < -0.3 is 5.73 Å². The van der Waals surface area contributed by atoms with E-state index in [9.17, 15) is 0 Å². The number of nitrogens with zero attached hydrogens (tertiary/aromatic N) is 1. The molecule has 2 N–H and O–H groups in total. The summed E-state index contributed by atoms with van der Waals surface area (Å²) in [7, 11) is 0. The van der Waals surface area contributed by atoms with Crippen molar-refractivity contribution in [3.63, 3.8) is 0 Å². The molecular weight excluding hydrogens is 220 g/mol. The fourth-order valence-electron chi connectivity index (χ4n) is 2.01. The third-order valence-corrected chi connectivity index (χ3v) is 3.11. The van der Waals surface area contributed by atoms with Crippen LogP contribution in [0.4, 0.5) is 0 Å². The first-order valence-corrected chi connectivity index (χ1v) is 6.15. The van der Waals surface area contributed by atoms with Crippen LogP contribution in [0.3, 0.4) is 0 Å². The summed E-state index contributed by atoms with van der Waals surface area (Å²) in [6.07, 6.45) is 0. The Labute approximate surface area is 103 Å². The molecule has 0 spiro atoms. The standard InChI is InChI=1S/C13H21ClN2/c1-10(2)16(8-7-15)11(3)12-5-4-6-13(14)9-12/h4-6,9-11H,7-8,15H2,1-3H3/t11-/m1/s1. The van der Waals surface area contributed by atoms with E-state index in [0.717, 1.165) is 11.6 Å². The average molecular weight is 241 g/mol. The van der Waals surface area contributed by atoms with E-state index in [4.69, 9.17) is 17.3 Å². The third kappa shape index (κ3) is 3.48. The van der Waals surface area contributed by atoms with Gasteiger partial charge in [-0.05, 0) is 38.5 Å². The van der Waals surface area contributed by atoms with Crippen LogP contribution in [0.5, 0.6) is 0 Å². The molecule has 1 aromatic carbocycles. The Morgan fingerprint density at radius 1 is 1.31 bits per heavy atom. The number of rotatable bonds is 5. The predicted octanol–water partition coefficient (Wildman–Crippen LogP) is 3.07. The topological polar surface area (TPSA) is 29.3 Å². The van der Waals surface area contributed by atoms with E-state index in [1.807, 2.05) is 18.2 Å². The maximum absolute atomic E-state index is 6.01. The second kappa shape index (κ2) is 6.24. The zero-order chi connectivity index (χ0) is 12.1. The predicted molar refractivity (Wildman–Crippen MR) is 70.8 cm³/mol. The van der Waals surface area contributed by atoms with Crippen LogP contribution in [0.25, 0.3) is 0 Å². The van der Waals surface area contributed by atoms with Crippen molar-refractivity contribution in [2.75, 3.05) is 13.1 Å². The van der Waals surface area contributed by atoms with Crippen molar-refractivity contribution in [3.8, 4) is 0 Å². The van der Waals surface area contributed by atoms with E-state index in [-0.39, 0.29) is 0 Å². The molecule has 2 nitrogen and oxygen atoms in total. The van der Waals surface area contributed by atoms with Gasteiger partial charge in [0.25, 0.3) is 0 Å². The largest absolute Gasteiger partial charge is 0.329 e. The molecule has 90 valence electrons. The molecule has 0 saturated heterocycles. The third-order valence-electron chi connectivity index (χ3n) is 2.88. The second-order valence-corrected chi connectivity index (χ2v) is 4.79.